The molecule has 3 aromatic carbocycles. The van der Waals surface area contributed by atoms with Gasteiger partial charge < -0.3 is 5.32 Å². The first kappa shape index (κ1) is 21.7. The summed E-state index contributed by atoms with van der Waals surface area (Å²) in [7, 11) is 0. The number of carbonyl (C=O) groups is 1. The van der Waals surface area contributed by atoms with Crippen molar-refractivity contribution in [3.63, 3.8) is 0 Å². The molecule has 0 aromatic heterocycles. The molecule has 2 aliphatic rings. The van der Waals surface area contributed by atoms with E-state index in [1.807, 2.05) is 43.0 Å². The lowest BCUT2D eigenvalue weighted by Crippen LogP contribution is -2.46. The third-order valence-corrected chi connectivity index (χ3v) is 7.30. The molecule has 0 unspecified atom stereocenters. The van der Waals surface area contributed by atoms with Crippen molar-refractivity contribution in [2.75, 3.05) is 29.9 Å². The van der Waals surface area contributed by atoms with Gasteiger partial charge >= 0.3 is 6.03 Å². The van der Waals surface area contributed by atoms with Gasteiger partial charge in [0.2, 0.25) is 0 Å². The maximum Gasteiger partial charge on any atom is 0.326 e. The summed E-state index contributed by atoms with van der Waals surface area (Å²) in [5.74, 6) is -0.239. The number of amides is 2. The minimum atomic E-state index is -0.239. The van der Waals surface area contributed by atoms with Crippen LogP contribution in [0, 0.1) is 19.7 Å². The molecule has 33 heavy (non-hydrogen) atoms. The molecular formula is C28H30FN3O. The van der Waals surface area contributed by atoms with Crippen LogP contribution in [0.2, 0.25) is 0 Å². The van der Waals surface area contributed by atoms with E-state index in [9.17, 15) is 9.18 Å². The average molecular weight is 444 g/mol. The summed E-state index contributed by atoms with van der Waals surface area (Å²) >= 11 is 0. The van der Waals surface area contributed by atoms with Crippen molar-refractivity contribution in [3.8, 4) is 0 Å². The third kappa shape index (κ3) is 4.13. The lowest BCUT2D eigenvalue weighted by Gasteiger charge is -2.40. The smallest absolute Gasteiger partial charge is 0.307 e. The van der Waals surface area contributed by atoms with Gasteiger partial charge in [-0.15, -0.1) is 0 Å². The van der Waals surface area contributed by atoms with Gasteiger partial charge in [0.25, 0.3) is 0 Å². The second-order valence-electron chi connectivity index (χ2n) is 9.49. The molecular weight excluding hydrogens is 413 g/mol. The summed E-state index contributed by atoms with van der Waals surface area (Å²) in [5.41, 5.74) is 5.82. The lowest BCUT2D eigenvalue weighted by molar-refractivity contribution is 0.160. The minimum absolute atomic E-state index is 0.149. The first-order chi connectivity index (χ1) is 15.9. The number of piperidine rings is 1. The van der Waals surface area contributed by atoms with Crippen molar-refractivity contribution >= 4 is 17.4 Å². The van der Waals surface area contributed by atoms with Gasteiger partial charge in [0.15, 0.2) is 0 Å². The summed E-state index contributed by atoms with van der Waals surface area (Å²) in [4.78, 5) is 17.7. The van der Waals surface area contributed by atoms with Crippen LogP contribution in [0.4, 0.5) is 20.6 Å². The SMILES string of the molecule is Cc1cccc(C)c1NC(=O)N1CC2(CCN(Cc3ccccc3)CC2)c2cc(F)ccc21. The Morgan fingerprint density at radius 2 is 1.67 bits per heavy atom. The number of likely N-dealkylation sites (tertiary alicyclic amines) is 1. The van der Waals surface area contributed by atoms with Crippen molar-refractivity contribution < 1.29 is 9.18 Å². The molecule has 5 rings (SSSR count). The van der Waals surface area contributed by atoms with E-state index in [1.54, 1.807) is 12.1 Å². The summed E-state index contributed by atoms with van der Waals surface area (Å²) in [6.07, 6.45) is 1.81. The van der Waals surface area contributed by atoms with Gasteiger partial charge in [-0.2, -0.15) is 0 Å². The zero-order valence-corrected chi connectivity index (χ0v) is 19.3. The number of fused-ring (bicyclic) bond motifs is 2. The van der Waals surface area contributed by atoms with Crippen molar-refractivity contribution in [1.82, 2.24) is 4.90 Å². The molecule has 0 radical (unpaired) electrons. The Hall–Kier alpha value is -3.18. The lowest BCUT2D eigenvalue weighted by atomic mass is 9.74. The molecule has 2 aliphatic heterocycles. The number of para-hydroxylation sites is 1. The maximum atomic E-state index is 14.3. The van der Waals surface area contributed by atoms with Crippen LogP contribution in [0.1, 0.15) is 35.1 Å². The molecule has 2 heterocycles. The Kier molecular flexibility index (Phi) is 5.67. The summed E-state index contributed by atoms with van der Waals surface area (Å²) in [6, 6.07) is 21.2. The fraction of sp³-hybridized carbons (Fsp3) is 0.321. The number of hydrogen-bond donors (Lipinski definition) is 1. The van der Waals surface area contributed by atoms with Crippen molar-refractivity contribution in [2.45, 2.75) is 38.6 Å². The third-order valence-electron chi connectivity index (χ3n) is 7.30. The van der Waals surface area contributed by atoms with Gasteiger partial charge in [-0.3, -0.25) is 9.80 Å². The fourth-order valence-electron chi connectivity index (χ4n) is 5.42. The van der Waals surface area contributed by atoms with E-state index >= 15 is 0 Å². The standard InChI is InChI=1S/C28H30FN3O/c1-20-7-6-8-21(2)26(20)30-27(33)32-19-28(24-17-23(29)11-12-25(24)32)13-15-31(16-14-28)18-22-9-4-3-5-10-22/h3-12,17H,13-16,18-19H2,1-2H3,(H,30,33). The maximum absolute atomic E-state index is 14.3. The van der Waals surface area contributed by atoms with E-state index in [-0.39, 0.29) is 17.3 Å². The Bertz CT molecular complexity index is 1150. The monoisotopic (exact) mass is 443 g/mol. The van der Waals surface area contributed by atoms with Crippen LogP contribution in [-0.4, -0.2) is 30.6 Å². The molecule has 0 saturated carbocycles. The highest BCUT2D eigenvalue weighted by molar-refractivity contribution is 6.04. The van der Waals surface area contributed by atoms with Gasteiger partial charge in [-0.1, -0.05) is 48.5 Å². The number of benzene rings is 3. The number of aryl methyl sites for hydroxylation is 2. The van der Waals surface area contributed by atoms with Gasteiger partial charge in [0.05, 0.1) is 0 Å². The van der Waals surface area contributed by atoms with E-state index in [0.29, 0.717) is 6.54 Å². The second-order valence-corrected chi connectivity index (χ2v) is 9.49. The average Bonchev–Trinajstić information content (AvgIpc) is 3.12. The predicted octanol–water partition coefficient (Wildman–Crippen LogP) is 6.03. The number of anilines is 2. The first-order valence-corrected chi connectivity index (χ1v) is 11.7. The molecule has 4 nitrogen and oxygen atoms in total. The van der Waals surface area contributed by atoms with Crippen molar-refractivity contribution in [2.24, 2.45) is 0 Å². The molecule has 0 bridgehead atoms. The summed E-state index contributed by atoms with van der Waals surface area (Å²) in [6.45, 7) is 7.36. The Labute approximate surface area is 195 Å². The topological polar surface area (TPSA) is 35.6 Å². The highest BCUT2D eigenvalue weighted by atomic mass is 19.1. The Morgan fingerprint density at radius 3 is 2.36 bits per heavy atom. The molecule has 5 heteroatoms. The van der Waals surface area contributed by atoms with Gasteiger partial charge in [0.1, 0.15) is 5.82 Å². The first-order valence-electron chi connectivity index (χ1n) is 11.7. The number of urea groups is 1. The van der Waals surface area contributed by atoms with Crippen LogP contribution in [0.15, 0.2) is 66.7 Å². The van der Waals surface area contributed by atoms with Crippen LogP contribution >= 0.6 is 0 Å². The molecule has 1 spiro atoms. The molecule has 0 atom stereocenters. The molecule has 1 N–H and O–H groups in total. The van der Waals surface area contributed by atoms with Gasteiger partial charge in [0, 0.05) is 29.9 Å². The molecule has 0 aliphatic carbocycles. The highest BCUT2D eigenvalue weighted by Gasteiger charge is 2.46. The van der Waals surface area contributed by atoms with Crippen LogP contribution in [-0.2, 0) is 12.0 Å². The molecule has 1 saturated heterocycles. The van der Waals surface area contributed by atoms with E-state index in [2.05, 4.69) is 34.5 Å². The zero-order valence-electron chi connectivity index (χ0n) is 19.3. The summed E-state index contributed by atoms with van der Waals surface area (Å²) in [5, 5.41) is 3.12. The van der Waals surface area contributed by atoms with E-state index in [1.165, 1.54) is 11.6 Å². The Balaban J connectivity index is 1.37. The fourth-order valence-corrected chi connectivity index (χ4v) is 5.42. The Morgan fingerprint density at radius 1 is 0.970 bits per heavy atom. The van der Waals surface area contributed by atoms with Crippen LogP contribution in [0.3, 0.4) is 0 Å². The number of nitrogens with zero attached hydrogens (tertiary/aromatic N) is 2. The highest BCUT2D eigenvalue weighted by Crippen LogP contribution is 2.47. The number of nitrogens with one attached hydrogen (secondary N) is 1. The van der Waals surface area contributed by atoms with E-state index in [0.717, 1.165) is 60.5 Å². The molecule has 1 fully saturated rings. The van der Waals surface area contributed by atoms with Crippen LogP contribution < -0.4 is 10.2 Å². The quantitative estimate of drug-likeness (QED) is 0.537. The summed E-state index contributed by atoms with van der Waals surface area (Å²) < 4.78 is 14.3. The number of carbonyl (C=O) groups excluding carboxylic acids is 1. The zero-order chi connectivity index (χ0) is 23.0. The number of hydrogen-bond acceptors (Lipinski definition) is 2. The van der Waals surface area contributed by atoms with Crippen molar-refractivity contribution in [1.29, 1.82) is 0 Å². The van der Waals surface area contributed by atoms with Gasteiger partial charge in [-0.05, 0) is 80.2 Å². The van der Waals surface area contributed by atoms with Gasteiger partial charge in [-0.25, -0.2) is 9.18 Å². The largest absolute Gasteiger partial charge is 0.326 e. The number of rotatable bonds is 3. The molecule has 2 amide bonds. The van der Waals surface area contributed by atoms with E-state index < -0.39 is 0 Å². The van der Waals surface area contributed by atoms with Crippen LogP contribution in [0.5, 0.6) is 0 Å². The predicted molar refractivity (Wildman–Crippen MR) is 131 cm³/mol. The van der Waals surface area contributed by atoms with Crippen LogP contribution in [0.25, 0.3) is 0 Å². The number of halogens is 1. The van der Waals surface area contributed by atoms with E-state index in [4.69, 9.17) is 0 Å². The molecule has 170 valence electrons. The molecule has 3 aromatic rings. The normalized spacial score (nSPS) is 17.2. The minimum Gasteiger partial charge on any atom is -0.307 e. The second kappa shape index (κ2) is 8.64. The van der Waals surface area contributed by atoms with Crippen molar-refractivity contribution in [3.05, 3.63) is 94.8 Å².